The van der Waals surface area contributed by atoms with E-state index < -0.39 is 0 Å². The van der Waals surface area contributed by atoms with Crippen LogP contribution in [-0.4, -0.2) is 32.1 Å². The lowest BCUT2D eigenvalue weighted by Crippen LogP contribution is -2.19. The summed E-state index contributed by atoms with van der Waals surface area (Å²) in [4.78, 5) is 5.58. The molecule has 0 spiro atoms. The van der Waals surface area contributed by atoms with Crippen molar-refractivity contribution in [3.05, 3.63) is 23.5 Å². The minimum absolute atomic E-state index is 0.144. The van der Waals surface area contributed by atoms with Crippen LogP contribution in [-0.2, 0) is 6.42 Å². The van der Waals surface area contributed by atoms with Gasteiger partial charge in [-0.25, -0.2) is 4.98 Å². The van der Waals surface area contributed by atoms with Crippen molar-refractivity contribution < 1.29 is 5.11 Å². The Labute approximate surface area is 96.1 Å². The van der Waals surface area contributed by atoms with Gasteiger partial charge in [0.05, 0.1) is 11.8 Å². The third kappa shape index (κ3) is 1.79. The van der Waals surface area contributed by atoms with Crippen LogP contribution in [0.4, 0.5) is 0 Å². The average Bonchev–Trinajstić information content (AvgIpc) is 2.83. The fraction of sp³-hybridized carbons (Fsp3) is 0.500. The Balaban J connectivity index is 1.80. The number of thiazole rings is 1. The van der Waals surface area contributed by atoms with Crippen molar-refractivity contribution in [1.29, 1.82) is 0 Å². The monoisotopic (exact) mass is 240 g/mol. The Morgan fingerprint density at radius 2 is 2.47 bits per heavy atom. The molecule has 0 saturated carbocycles. The Kier molecular flexibility index (Phi) is 2.46. The molecule has 0 amide bonds. The standard InChI is InChI=1S/C10H12N2OS2/c13-9-6-14-5-7(9)3-8-4-12-1-2-15-10(12)11-8/h1-2,4,7,9,13H,3,5-6H2. The van der Waals surface area contributed by atoms with Gasteiger partial charge in [-0.3, -0.25) is 4.40 Å². The Bertz CT molecular complexity index is 436. The maximum atomic E-state index is 9.72. The number of thioether (sulfide) groups is 1. The summed E-state index contributed by atoms with van der Waals surface area (Å²) in [5, 5.41) is 11.8. The fourth-order valence-electron chi connectivity index (χ4n) is 1.93. The van der Waals surface area contributed by atoms with Crippen LogP contribution >= 0.6 is 23.1 Å². The van der Waals surface area contributed by atoms with Crippen molar-refractivity contribution in [2.75, 3.05) is 11.5 Å². The summed E-state index contributed by atoms with van der Waals surface area (Å²) in [6.45, 7) is 0. The fourth-order valence-corrected chi connectivity index (χ4v) is 3.94. The highest BCUT2D eigenvalue weighted by Crippen LogP contribution is 2.27. The van der Waals surface area contributed by atoms with Crippen molar-refractivity contribution in [3.8, 4) is 0 Å². The molecule has 2 aromatic heterocycles. The van der Waals surface area contributed by atoms with Gasteiger partial charge in [-0.15, -0.1) is 11.3 Å². The van der Waals surface area contributed by atoms with E-state index >= 15 is 0 Å². The quantitative estimate of drug-likeness (QED) is 0.867. The highest BCUT2D eigenvalue weighted by atomic mass is 32.2. The first-order valence-electron chi connectivity index (χ1n) is 5.00. The van der Waals surface area contributed by atoms with E-state index in [0.29, 0.717) is 5.92 Å². The molecule has 0 radical (unpaired) electrons. The Hall–Kier alpha value is -0.520. The molecule has 1 aliphatic rings. The van der Waals surface area contributed by atoms with Crippen molar-refractivity contribution in [3.63, 3.8) is 0 Å². The molecule has 0 aromatic carbocycles. The number of imidazole rings is 1. The second-order valence-corrected chi connectivity index (χ2v) is 5.84. The smallest absolute Gasteiger partial charge is 0.193 e. The molecule has 0 aliphatic carbocycles. The lowest BCUT2D eigenvalue weighted by Gasteiger charge is -2.10. The van der Waals surface area contributed by atoms with Crippen LogP contribution in [0.2, 0.25) is 0 Å². The SMILES string of the molecule is OC1CSCC1Cc1cn2ccsc2n1. The largest absolute Gasteiger partial charge is 0.392 e. The summed E-state index contributed by atoms with van der Waals surface area (Å²) < 4.78 is 2.05. The van der Waals surface area contributed by atoms with Crippen LogP contribution < -0.4 is 0 Å². The Morgan fingerprint density at radius 3 is 3.20 bits per heavy atom. The summed E-state index contributed by atoms with van der Waals surface area (Å²) in [6.07, 6.45) is 4.86. The Morgan fingerprint density at radius 1 is 1.53 bits per heavy atom. The van der Waals surface area contributed by atoms with Gasteiger partial charge >= 0.3 is 0 Å². The van der Waals surface area contributed by atoms with Gasteiger partial charge in [0, 0.05) is 29.4 Å². The van der Waals surface area contributed by atoms with Gasteiger partial charge < -0.3 is 5.11 Å². The van der Waals surface area contributed by atoms with Crippen LogP contribution in [0.15, 0.2) is 17.8 Å². The molecule has 3 heterocycles. The number of aliphatic hydroxyl groups excluding tert-OH is 1. The predicted octanol–water partition coefficient (Wildman–Crippen LogP) is 1.66. The number of fused-ring (bicyclic) bond motifs is 1. The molecule has 1 N–H and O–H groups in total. The van der Waals surface area contributed by atoms with Gasteiger partial charge in [0.15, 0.2) is 4.96 Å². The topological polar surface area (TPSA) is 37.5 Å². The first-order valence-corrected chi connectivity index (χ1v) is 7.03. The van der Waals surface area contributed by atoms with E-state index in [1.807, 2.05) is 23.3 Å². The van der Waals surface area contributed by atoms with Gasteiger partial charge in [0.2, 0.25) is 0 Å². The van der Waals surface area contributed by atoms with E-state index in [1.54, 1.807) is 11.3 Å². The van der Waals surface area contributed by atoms with E-state index in [1.165, 1.54) is 0 Å². The molecule has 1 fully saturated rings. The zero-order valence-electron chi connectivity index (χ0n) is 8.17. The third-order valence-electron chi connectivity index (χ3n) is 2.78. The van der Waals surface area contributed by atoms with Crippen LogP contribution in [0.3, 0.4) is 0 Å². The van der Waals surface area contributed by atoms with E-state index in [-0.39, 0.29) is 6.10 Å². The highest BCUT2D eigenvalue weighted by molar-refractivity contribution is 7.99. The number of aliphatic hydroxyl groups is 1. The van der Waals surface area contributed by atoms with E-state index in [9.17, 15) is 5.11 Å². The zero-order valence-corrected chi connectivity index (χ0v) is 9.80. The van der Waals surface area contributed by atoms with Gasteiger partial charge in [-0.2, -0.15) is 11.8 Å². The lowest BCUT2D eigenvalue weighted by atomic mass is 10.0. The number of aromatic nitrogens is 2. The van der Waals surface area contributed by atoms with Crippen LogP contribution in [0.5, 0.6) is 0 Å². The lowest BCUT2D eigenvalue weighted by molar-refractivity contribution is 0.149. The molecular formula is C10H12N2OS2. The zero-order chi connectivity index (χ0) is 10.3. The molecule has 3 rings (SSSR count). The third-order valence-corrected chi connectivity index (χ3v) is 4.79. The minimum Gasteiger partial charge on any atom is -0.392 e. The molecule has 2 atom stereocenters. The van der Waals surface area contributed by atoms with Crippen LogP contribution in [0.25, 0.3) is 4.96 Å². The van der Waals surface area contributed by atoms with Gasteiger partial charge in [0.1, 0.15) is 0 Å². The number of rotatable bonds is 2. The summed E-state index contributed by atoms with van der Waals surface area (Å²) in [7, 11) is 0. The van der Waals surface area contributed by atoms with Gasteiger partial charge in [0.25, 0.3) is 0 Å². The molecule has 15 heavy (non-hydrogen) atoms. The maximum Gasteiger partial charge on any atom is 0.193 e. The molecule has 2 aromatic rings. The molecule has 80 valence electrons. The molecule has 5 heteroatoms. The normalized spacial score (nSPS) is 26.5. The first kappa shape index (κ1) is 9.69. The second kappa shape index (κ2) is 3.81. The van der Waals surface area contributed by atoms with E-state index in [0.717, 1.165) is 28.6 Å². The van der Waals surface area contributed by atoms with Crippen molar-refractivity contribution in [2.45, 2.75) is 12.5 Å². The van der Waals surface area contributed by atoms with E-state index in [4.69, 9.17) is 0 Å². The van der Waals surface area contributed by atoms with Gasteiger partial charge in [-0.1, -0.05) is 0 Å². The summed E-state index contributed by atoms with van der Waals surface area (Å²) in [5.74, 6) is 2.33. The second-order valence-electron chi connectivity index (χ2n) is 3.89. The summed E-state index contributed by atoms with van der Waals surface area (Å²) in [5.41, 5.74) is 1.11. The average molecular weight is 240 g/mol. The summed E-state index contributed by atoms with van der Waals surface area (Å²) in [6, 6.07) is 0. The molecule has 2 unspecified atom stereocenters. The van der Waals surface area contributed by atoms with E-state index in [2.05, 4.69) is 15.6 Å². The molecule has 3 nitrogen and oxygen atoms in total. The first-order chi connectivity index (χ1) is 7.33. The number of hydrogen-bond donors (Lipinski definition) is 1. The molecule has 1 saturated heterocycles. The summed E-state index contributed by atoms with van der Waals surface area (Å²) >= 11 is 3.49. The predicted molar refractivity (Wildman–Crippen MR) is 63.6 cm³/mol. The van der Waals surface area contributed by atoms with Crippen molar-refractivity contribution in [1.82, 2.24) is 9.38 Å². The minimum atomic E-state index is -0.144. The van der Waals surface area contributed by atoms with Crippen LogP contribution in [0.1, 0.15) is 5.69 Å². The number of nitrogens with zero attached hydrogens (tertiary/aromatic N) is 2. The maximum absolute atomic E-state index is 9.72. The molecular weight excluding hydrogens is 228 g/mol. The van der Waals surface area contributed by atoms with Crippen molar-refractivity contribution in [2.24, 2.45) is 5.92 Å². The van der Waals surface area contributed by atoms with Crippen LogP contribution in [0, 0.1) is 5.92 Å². The molecule has 0 bridgehead atoms. The van der Waals surface area contributed by atoms with Gasteiger partial charge in [-0.05, 0) is 12.2 Å². The van der Waals surface area contributed by atoms with Crippen molar-refractivity contribution >= 4 is 28.1 Å². The molecule has 1 aliphatic heterocycles. The highest BCUT2D eigenvalue weighted by Gasteiger charge is 2.26. The number of hydrogen-bond acceptors (Lipinski definition) is 4.